The number of carbonyl (C=O) groups is 1. The molecule has 1 N–H and O–H groups in total. The lowest BCUT2D eigenvalue weighted by Gasteiger charge is -2.22. The van der Waals surface area contributed by atoms with Crippen LogP contribution in [0.15, 0.2) is 54.6 Å². The second-order valence-corrected chi connectivity index (χ2v) is 5.94. The van der Waals surface area contributed by atoms with Crippen molar-refractivity contribution in [1.29, 1.82) is 0 Å². The van der Waals surface area contributed by atoms with E-state index in [1.54, 1.807) is 12.1 Å². The van der Waals surface area contributed by atoms with Crippen molar-refractivity contribution < 1.29 is 9.18 Å². The summed E-state index contributed by atoms with van der Waals surface area (Å²) in [4.78, 5) is 12.6. The first-order chi connectivity index (χ1) is 11.1. The quantitative estimate of drug-likeness (QED) is 0.810. The zero-order valence-corrected chi connectivity index (χ0v) is 13.8. The van der Waals surface area contributed by atoms with Gasteiger partial charge in [0, 0.05) is 6.54 Å². The van der Waals surface area contributed by atoms with Gasteiger partial charge in [0.1, 0.15) is 5.82 Å². The molecule has 23 heavy (non-hydrogen) atoms. The van der Waals surface area contributed by atoms with E-state index in [2.05, 4.69) is 19.2 Å². The summed E-state index contributed by atoms with van der Waals surface area (Å²) in [5.74, 6) is -0.0241. The Balaban J connectivity index is 1.97. The summed E-state index contributed by atoms with van der Waals surface area (Å²) in [5.41, 5.74) is 2.08. The van der Waals surface area contributed by atoms with Gasteiger partial charge < -0.3 is 5.32 Å². The van der Waals surface area contributed by atoms with Crippen LogP contribution >= 0.6 is 0 Å². The van der Waals surface area contributed by atoms with Crippen LogP contribution in [0.1, 0.15) is 37.3 Å². The number of carbonyl (C=O) groups excluding carboxylic acids is 1. The van der Waals surface area contributed by atoms with Gasteiger partial charge in [0.05, 0.1) is 5.92 Å². The van der Waals surface area contributed by atoms with Crippen LogP contribution in [-0.2, 0) is 11.2 Å². The van der Waals surface area contributed by atoms with Crippen LogP contribution in [0.25, 0.3) is 0 Å². The molecule has 2 rings (SSSR count). The van der Waals surface area contributed by atoms with Gasteiger partial charge in [-0.1, -0.05) is 62.7 Å². The third kappa shape index (κ3) is 4.92. The number of halogens is 1. The van der Waals surface area contributed by atoms with Crippen molar-refractivity contribution in [2.75, 3.05) is 6.54 Å². The van der Waals surface area contributed by atoms with Crippen LogP contribution in [0, 0.1) is 11.7 Å². The molecule has 2 nitrogen and oxygen atoms in total. The molecule has 1 amide bonds. The number of hydrogen-bond acceptors (Lipinski definition) is 1. The van der Waals surface area contributed by atoms with Crippen molar-refractivity contribution in [2.24, 2.45) is 5.92 Å². The molecule has 2 unspecified atom stereocenters. The van der Waals surface area contributed by atoms with Gasteiger partial charge in [0.25, 0.3) is 0 Å². The molecule has 0 aliphatic rings. The average Bonchev–Trinajstić information content (AvgIpc) is 2.57. The van der Waals surface area contributed by atoms with Crippen LogP contribution in [-0.4, -0.2) is 12.5 Å². The van der Waals surface area contributed by atoms with Crippen molar-refractivity contribution in [3.63, 3.8) is 0 Å². The summed E-state index contributed by atoms with van der Waals surface area (Å²) >= 11 is 0. The summed E-state index contributed by atoms with van der Waals surface area (Å²) in [7, 11) is 0. The number of nitrogens with one attached hydrogen (secondary N) is 1. The molecule has 0 saturated heterocycles. The maximum absolute atomic E-state index is 12.9. The second kappa shape index (κ2) is 8.47. The highest BCUT2D eigenvalue weighted by Gasteiger charge is 2.25. The van der Waals surface area contributed by atoms with Gasteiger partial charge in [-0.15, -0.1) is 0 Å². The zero-order chi connectivity index (χ0) is 16.7. The summed E-state index contributed by atoms with van der Waals surface area (Å²) in [6.07, 6.45) is 1.65. The number of amides is 1. The molecule has 2 aromatic carbocycles. The van der Waals surface area contributed by atoms with Crippen LogP contribution in [0.4, 0.5) is 4.39 Å². The number of rotatable bonds is 7. The first kappa shape index (κ1) is 17.2. The predicted molar refractivity (Wildman–Crippen MR) is 91.8 cm³/mol. The van der Waals surface area contributed by atoms with E-state index in [1.807, 2.05) is 30.3 Å². The molecule has 3 heteroatoms. The highest BCUT2D eigenvalue weighted by molar-refractivity contribution is 5.83. The Hall–Kier alpha value is -2.16. The third-order valence-corrected chi connectivity index (χ3v) is 4.28. The minimum absolute atomic E-state index is 0.0626. The van der Waals surface area contributed by atoms with E-state index in [-0.39, 0.29) is 23.6 Å². The fourth-order valence-corrected chi connectivity index (χ4v) is 2.73. The number of benzene rings is 2. The van der Waals surface area contributed by atoms with Crippen LogP contribution in [0.5, 0.6) is 0 Å². The topological polar surface area (TPSA) is 29.1 Å². The van der Waals surface area contributed by atoms with Crippen LogP contribution in [0.2, 0.25) is 0 Å². The maximum atomic E-state index is 12.9. The van der Waals surface area contributed by atoms with Gasteiger partial charge in [-0.3, -0.25) is 4.79 Å². The van der Waals surface area contributed by atoms with Crippen molar-refractivity contribution in [1.82, 2.24) is 5.32 Å². The SMILES string of the molecule is CCC(C)C(C(=O)NCCc1ccc(F)cc1)c1ccccc1. The van der Waals surface area contributed by atoms with Gasteiger partial charge in [-0.05, 0) is 35.6 Å². The van der Waals surface area contributed by atoms with Gasteiger partial charge in [0.2, 0.25) is 5.91 Å². The van der Waals surface area contributed by atoms with Gasteiger partial charge >= 0.3 is 0 Å². The minimum Gasteiger partial charge on any atom is -0.355 e. The Morgan fingerprint density at radius 1 is 1.09 bits per heavy atom. The molecule has 0 bridgehead atoms. The molecule has 0 fully saturated rings. The molecule has 0 heterocycles. The smallest absolute Gasteiger partial charge is 0.227 e. The molecular weight excluding hydrogens is 289 g/mol. The molecule has 0 radical (unpaired) electrons. The van der Waals surface area contributed by atoms with E-state index in [0.717, 1.165) is 17.5 Å². The van der Waals surface area contributed by atoms with Gasteiger partial charge in [-0.25, -0.2) is 4.39 Å². The van der Waals surface area contributed by atoms with E-state index in [9.17, 15) is 9.18 Å². The lowest BCUT2D eigenvalue weighted by atomic mass is 9.85. The van der Waals surface area contributed by atoms with E-state index in [0.29, 0.717) is 13.0 Å². The highest BCUT2D eigenvalue weighted by atomic mass is 19.1. The van der Waals surface area contributed by atoms with E-state index in [1.165, 1.54) is 12.1 Å². The largest absolute Gasteiger partial charge is 0.355 e. The lowest BCUT2D eigenvalue weighted by molar-refractivity contribution is -0.123. The molecular formula is C20H24FNO. The molecule has 2 aromatic rings. The summed E-state index contributed by atoms with van der Waals surface area (Å²) in [6, 6.07) is 16.3. The van der Waals surface area contributed by atoms with E-state index in [4.69, 9.17) is 0 Å². The lowest BCUT2D eigenvalue weighted by Crippen LogP contribution is -2.34. The molecule has 0 aliphatic carbocycles. The Morgan fingerprint density at radius 2 is 1.74 bits per heavy atom. The third-order valence-electron chi connectivity index (χ3n) is 4.28. The normalized spacial score (nSPS) is 13.3. The molecule has 0 saturated carbocycles. The molecule has 2 atom stereocenters. The van der Waals surface area contributed by atoms with Crippen molar-refractivity contribution in [3.05, 3.63) is 71.5 Å². The minimum atomic E-state index is -0.237. The van der Waals surface area contributed by atoms with E-state index < -0.39 is 0 Å². The standard InChI is InChI=1S/C20H24FNO/c1-3-15(2)19(17-7-5-4-6-8-17)20(23)22-14-13-16-9-11-18(21)12-10-16/h4-12,15,19H,3,13-14H2,1-2H3,(H,22,23). The fourth-order valence-electron chi connectivity index (χ4n) is 2.73. The maximum Gasteiger partial charge on any atom is 0.227 e. The first-order valence-corrected chi connectivity index (χ1v) is 8.19. The fraction of sp³-hybridized carbons (Fsp3) is 0.350. The van der Waals surface area contributed by atoms with Crippen LogP contribution in [0.3, 0.4) is 0 Å². The predicted octanol–water partition coefficient (Wildman–Crippen LogP) is 4.31. The van der Waals surface area contributed by atoms with Crippen molar-refractivity contribution >= 4 is 5.91 Å². The van der Waals surface area contributed by atoms with E-state index >= 15 is 0 Å². The van der Waals surface area contributed by atoms with Gasteiger partial charge in [0.15, 0.2) is 0 Å². The molecule has 122 valence electrons. The summed E-state index contributed by atoms with van der Waals surface area (Å²) in [6.45, 7) is 4.77. The molecule has 0 aliphatic heterocycles. The molecule has 0 spiro atoms. The van der Waals surface area contributed by atoms with Gasteiger partial charge in [-0.2, -0.15) is 0 Å². The zero-order valence-electron chi connectivity index (χ0n) is 13.8. The average molecular weight is 313 g/mol. The Morgan fingerprint density at radius 3 is 2.35 bits per heavy atom. The molecule has 0 aromatic heterocycles. The summed E-state index contributed by atoms with van der Waals surface area (Å²) < 4.78 is 12.9. The Labute approximate surface area is 137 Å². The van der Waals surface area contributed by atoms with Crippen molar-refractivity contribution in [2.45, 2.75) is 32.6 Å². The van der Waals surface area contributed by atoms with Crippen LogP contribution < -0.4 is 5.32 Å². The highest BCUT2D eigenvalue weighted by Crippen LogP contribution is 2.27. The Kier molecular flexibility index (Phi) is 6.33. The van der Waals surface area contributed by atoms with Crippen molar-refractivity contribution in [3.8, 4) is 0 Å². The monoisotopic (exact) mass is 313 g/mol. The number of hydrogen-bond donors (Lipinski definition) is 1. The summed E-state index contributed by atoms with van der Waals surface area (Å²) in [5, 5.41) is 3.03. The Bertz CT molecular complexity index is 609. The second-order valence-electron chi connectivity index (χ2n) is 5.94. The first-order valence-electron chi connectivity index (χ1n) is 8.19.